The minimum absolute atomic E-state index is 0.186. The van der Waals surface area contributed by atoms with E-state index >= 15 is 0 Å². The lowest BCUT2D eigenvalue weighted by atomic mass is 10.0. The lowest BCUT2D eigenvalue weighted by molar-refractivity contribution is -0.120. The second-order valence-corrected chi connectivity index (χ2v) is 4.14. The van der Waals surface area contributed by atoms with E-state index in [9.17, 15) is 4.79 Å². The Balaban J connectivity index is 3.78. The van der Waals surface area contributed by atoms with Crippen LogP contribution in [0.2, 0.25) is 0 Å². The first-order valence-electron chi connectivity index (χ1n) is 3.92. The van der Waals surface area contributed by atoms with Gasteiger partial charge in [0.2, 0.25) is 0 Å². The highest BCUT2D eigenvalue weighted by molar-refractivity contribution is 14.1. The van der Waals surface area contributed by atoms with Gasteiger partial charge in [-0.2, -0.15) is 0 Å². The van der Waals surface area contributed by atoms with Gasteiger partial charge in [-0.15, -0.1) is 0 Å². The molecule has 0 heterocycles. The van der Waals surface area contributed by atoms with Gasteiger partial charge >= 0.3 is 0 Å². The molecule has 0 bridgehead atoms. The van der Waals surface area contributed by atoms with Crippen LogP contribution in [0.3, 0.4) is 0 Å². The molecule has 0 aliphatic heterocycles. The van der Waals surface area contributed by atoms with Crippen molar-refractivity contribution < 1.29 is 4.79 Å². The summed E-state index contributed by atoms with van der Waals surface area (Å²) in [6.45, 7) is 5.74. The minimum Gasteiger partial charge on any atom is -0.300 e. The zero-order valence-electron chi connectivity index (χ0n) is 7.36. The molecule has 0 fully saturated rings. The lowest BCUT2D eigenvalue weighted by Gasteiger charge is -2.02. The van der Waals surface area contributed by atoms with E-state index in [2.05, 4.69) is 35.6 Å². The SMILES string of the molecule is CC/C(I)=C/C[C@H](C)C(C)=O. The molecule has 0 saturated carbocycles. The van der Waals surface area contributed by atoms with Crippen LogP contribution in [-0.4, -0.2) is 5.78 Å². The van der Waals surface area contributed by atoms with Crippen molar-refractivity contribution in [1.29, 1.82) is 0 Å². The van der Waals surface area contributed by atoms with Gasteiger partial charge < -0.3 is 0 Å². The third-order valence-electron chi connectivity index (χ3n) is 1.72. The molecule has 0 aliphatic rings. The van der Waals surface area contributed by atoms with Crippen LogP contribution in [-0.2, 0) is 4.79 Å². The van der Waals surface area contributed by atoms with Gasteiger partial charge in [0.25, 0.3) is 0 Å². The number of allylic oxidation sites excluding steroid dienone is 2. The van der Waals surface area contributed by atoms with E-state index in [1.54, 1.807) is 6.92 Å². The van der Waals surface area contributed by atoms with Gasteiger partial charge in [-0.25, -0.2) is 0 Å². The molecule has 2 heteroatoms. The van der Waals surface area contributed by atoms with Crippen LogP contribution < -0.4 is 0 Å². The zero-order valence-corrected chi connectivity index (χ0v) is 9.51. The third kappa shape index (κ3) is 5.41. The number of rotatable bonds is 4. The summed E-state index contributed by atoms with van der Waals surface area (Å²) in [4.78, 5) is 10.8. The molecule has 0 aromatic carbocycles. The summed E-state index contributed by atoms with van der Waals surface area (Å²) in [5.74, 6) is 0.466. The number of carbonyl (C=O) groups excluding carboxylic acids is 1. The highest BCUT2D eigenvalue weighted by Gasteiger charge is 2.04. The van der Waals surface area contributed by atoms with Crippen LogP contribution in [0, 0.1) is 5.92 Å². The molecular formula is C9H15IO. The Morgan fingerprint density at radius 3 is 2.55 bits per heavy atom. The highest BCUT2D eigenvalue weighted by atomic mass is 127. The summed E-state index contributed by atoms with van der Waals surface area (Å²) in [5.41, 5.74) is 0. The summed E-state index contributed by atoms with van der Waals surface area (Å²) < 4.78 is 1.34. The summed E-state index contributed by atoms with van der Waals surface area (Å²) in [7, 11) is 0. The van der Waals surface area contributed by atoms with Crippen LogP contribution >= 0.6 is 22.6 Å². The Morgan fingerprint density at radius 1 is 1.64 bits per heavy atom. The second-order valence-electron chi connectivity index (χ2n) is 2.75. The molecule has 64 valence electrons. The van der Waals surface area contributed by atoms with Crippen molar-refractivity contribution in [3.05, 3.63) is 9.66 Å². The molecule has 0 rings (SSSR count). The predicted octanol–water partition coefficient (Wildman–Crippen LogP) is 3.33. The first kappa shape index (κ1) is 11.1. The molecule has 0 aromatic rings. The maximum atomic E-state index is 10.8. The van der Waals surface area contributed by atoms with Gasteiger partial charge in [0.15, 0.2) is 0 Å². The summed E-state index contributed by atoms with van der Waals surface area (Å²) in [6, 6.07) is 0. The topological polar surface area (TPSA) is 17.1 Å². The van der Waals surface area contributed by atoms with E-state index in [4.69, 9.17) is 0 Å². The van der Waals surface area contributed by atoms with E-state index in [1.165, 1.54) is 3.58 Å². The Bertz CT molecular complexity index is 161. The van der Waals surface area contributed by atoms with Crippen molar-refractivity contribution in [3.63, 3.8) is 0 Å². The Kier molecular flexibility index (Phi) is 5.82. The number of Topliss-reactive ketones (excluding diaryl/α,β-unsaturated/α-hetero) is 1. The lowest BCUT2D eigenvalue weighted by Crippen LogP contribution is -2.04. The molecule has 0 amide bonds. The van der Waals surface area contributed by atoms with Gasteiger partial charge in [0, 0.05) is 5.92 Å². The van der Waals surface area contributed by atoms with E-state index in [-0.39, 0.29) is 11.7 Å². The summed E-state index contributed by atoms with van der Waals surface area (Å²) >= 11 is 2.31. The van der Waals surface area contributed by atoms with Crippen LogP contribution in [0.5, 0.6) is 0 Å². The van der Waals surface area contributed by atoms with Crippen LogP contribution in [0.15, 0.2) is 9.66 Å². The van der Waals surface area contributed by atoms with Crippen LogP contribution in [0.1, 0.15) is 33.6 Å². The first-order valence-corrected chi connectivity index (χ1v) is 5.00. The smallest absolute Gasteiger partial charge is 0.132 e. The second kappa shape index (κ2) is 5.75. The van der Waals surface area contributed by atoms with E-state index in [0.717, 1.165) is 12.8 Å². The predicted molar refractivity (Wildman–Crippen MR) is 56.9 cm³/mol. The monoisotopic (exact) mass is 266 g/mol. The van der Waals surface area contributed by atoms with Crippen molar-refractivity contribution in [2.24, 2.45) is 5.92 Å². The number of ketones is 1. The third-order valence-corrected chi connectivity index (χ3v) is 2.93. The van der Waals surface area contributed by atoms with Crippen molar-refractivity contribution in [2.75, 3.05) is 0 Å². The molecule has 0 N–H and O–H groups in total. The summed E-state index contributed by atoms with van der Waals surface area (Å²) in [6.07, 6.45) is 4.11. The molecule has 11 heavy (non-hydrogen) atoms. The Labute approximate surface area is 82.4 Å². The number of hydrogen-bond acceptors (Lipinski definition) is 1. The fourth-order valence-corrected chi connectivity index (χ4v) is 0.869. The molecule has 0 aliphatic carbocycles. The van der Waals surface area contributed by atoms with Crippen molar-refractivity contribution >= 4 is 28.4 Å². The quantitative estimate of drug-likeness (QED) is 0.713. The maximum absolute atomic E-state index is 10.8. The van der Waals surface area contributed by atoms with Gasteiger partial charge in [0.1, 0.15) is 5.78 Å². The molecule has 1 nitrogen and oxygen atoms in total. The zero-order chi connectivity index (χ0) is 8.85. The standard InChI is InChI=1S/C9H15IO/c1-4-9(10)6-5-7(2)8(3)11/h6-7H,4-5H2,1-3H3/b9-6-/t7-/m0/s1. The normalized spacial score (nSPS) is 14.7. The summed E-state index contributed by atoms with van der Waals surface area (Å²) in [5, 5.41) is 0. The maximum Gasteiger partial charge on any atom is 0.132 e. The fourth-order valence-electron chi connectivity index (χ4n) is 0.615. The fraction of sp³-hybridized carbons (Fsp3) is 0.667. The molecule has 0 unspecified atom stereocenters. The molecule has 0 spiro atoms. The molecule has 0 saturated heterocycles. The van der Waals surface area contributed by atoms with Crippen molar-refractivity contribution in [1.82, 2.24) is 0 Å². The number of hydrogen-bond donors (Lipinski definition) is 0. The highest BCUT2D eigenvalue weighted by Crippen LogP contribution is 2.14. The number of carbonyl (C=O) groups is 1. The van der Waals surface area contributed by atoms with Crippen LogP contribution in [0.25, 0.3) is 0 Å². The van der Waals surface area contributed by atoms with Gasteiger partial charge in [-0.3, -0.25) is 4.79 Å². The van der Waals surface area contributed by atoms with Gasteiger partial charge in [-0.1, -0.05) is 19.9 Å². The van der Waals surface area contributed by atoms with Gasteiger partial charge in [-0.05, 0) is 45.9 Å². The van der Waals surface area contributed by atoms with E-state index in [0.29, 0.717) is 0 Å². The molecule has 1 atom stereocenters. The Hall–Kier alpha value is 0.140. The van der Waals surface area contributed by atoms with E-state index in [1.807, 2.05) is 6.92 Å². The van der Waals surface area contributed by atoms with E-state index < -0.39 is 0 Å². The largest absolute Gasteiger partial charge is 0.300 e. The average molecular weight is 266 g/mol. The average Bonchev–Trinajstić information content (AvgIpc) is 1.99. The van der Waals surface area contributed by atoms with Crippen molar-refractivity contribution in [2.45, 2.75) is 33.6 Å². The van der Waals surface area contributed by atoms with Crippen LogP contribution in [0.4, 0.5) is 0 Å². The Morgan fingerprint density at radius 2 is 2.18 bits per heavy atom. The minimum atomic E-state index is 0.186. The number of halogens is 1. The van der Waals surface area contributed by atoms with Gasteiger partial charge in [0.05, 0.1) is 0 Å². The molecule has 0 radical (unpaired) electrons. The van der Waals surface area contributed by atoms with Crippen molar-refractivity contribution in [3.8, 4) is 0 Å². The molecule has 0 aromatic heterocycles. The first-order chi connectivity index (χ1) is 5.07. The molecular weight excluding hydrogens is 251 g/mol.